The molecule has 2 aliphatic rings. The topological polar surface area (TPSA) is 61.6 Å². The Hall–Kier alpha value is -0.610. The summed E-state index contributed by atoms with van der Waals surface area (Å²) in [5.41, 5.74) is 5.46. The second-order valence-corrected chi connectivity index (χ2v) is 5.99. The average molecular weight is 255 g/mol. The molecule has 104 valence electrons. The van der Waals surface area contributed by atoms with Gasteiger partial charge in [-0.3, -0.25) is 4.79 Å². The minimum atomic E-state index is -0.725. The van der Waals surface area contributed by atoms with Crippen LogP contribution < -0.4 is 5.73 Å². The second kappa shape index (κ2) is 6.02. The quantitative estimate of drug-likeness (QED) is 0.782. The van der Waals surface area contributed by atoms with Crippen molar-refractivity contribution < 1.29 is 14.3 Å². The van der Waals surface area contributed by atoms with Gasteiger partial charge in [0.15, 0.2) is 0 Å². The summed E-state index contributed by atoms with van der Waals surface area (Å²) in [5.74, 6) is 0.944. The summed E-state index contributed by atoms with van der Waals surface area (Å²) in [6.07, 6.45) is 5.57. The maximum Gasteiger partial charge on any atom is 0.326 e. The van der Waals surface area contributed by atoms with Gasteiger partial charge >= 0.3 is 5.97 Å². The smallest absolute Gasteiger partial charge is 0.326 e. The largest absolute Gasteiger partial charge is 0.464 e. The molecular weight excluding hydrogens is 230 g/mol. The molecule has 4 heteroatoms. The van der Waals surface area contributed by atoms with Crippen LogP contribution >= 0.6 is 0 Å². The standard InChI is InChI=1S/C14H25NO3/c1-11-2-6-14(15,7-3-11)13(16)18-10-12-4-8-17-9-5-12/h11-12H,2-10,15H2,1H3. The predicted molar refractivity (Wildman–Crippen MR) is 69.1 cm³/mol. The maximum atomic E-state index is 12.1. The van der Waals surface area contributed by atoms with E-state index in [9.17, 15) is 4.79 Å². The van der Waals surface area contributed by atoms with Crippen molar-refractivity contribution in [3.8, 4) is 0 Å². The Morgan fingerprint density at radius 1 is 1.28 bits per heavy atom. The van der Waals surface area contributed by atoms with Gasteiger partial charge in [0.1, 0.15) is 5.54 Å². The third-order valence-electron chi connectivity index (χ3n) is 4.36. The summed E-state index contributed by atoms with van der Waals surface area (Å²) < 4.78 is 10.7. The lowest BCUT2D eigenvalue weighted by molar-refractivity contribution is -0.154. The molecule has 1 saturated heterocycles. The number of rotatable bonds is 3. The van der Waals surface area contributed by atoms with Crippen molar-refractivity contribution in [1.29, 1.82) is 0 Å². The Morgan fingerprint density at radius 2 is 1.89 bits per heavy atom. The zero-order valence-electron chi connectivity index (χ0n) is 11.3. The van der Waals surface area contributed by atoms with E-state index in [1.54, 1.807) is 0 Å². The van der Waals surface area contributed by atoms with Crippen molar-refractivity contribution in [3.63, 3.8) is 0 Å². The van der Waals surface area contributed by atoms with E-state index in [4.69, 9.17) is 15.2 Å². The van der Waals surface area contributed by atoms with Crippen LogP contribution in [0.5, 0.6) is 0 Å². The molecule has 2 N–H and O–H groups in total. The van der Waals surface area contributed by atoms with Crippen LogP contribution in [0.15, 0.2) is 0 Å². The third kappa shape index (κ3) is 3.45. The van der Waals surface area contributed by atoms with Crippen LogP contribution in [0.4, 0.5) is 0 Å². The van der Waals surface area contributed by atoms with Gasteiger partial charge in [-0.1, -0.05) is 6.92 Å². The predicted octanol–water partition coefficient (Wildman–Crippen LogP) is 1.86. The normalized spacial score (nSPS) is 34.2. The number of hydrogen-bond donors (Lipinski definition) is 1. The number of carbonyl (C=O) groups is 1. The summed E-state index contributed by atoms with van der Waals surface area (Å²) in [6.45, 7) is 4.30. The van der Waals surface area contributed by atoms with Crippen LogP contribution in [0.2, 0.25) is 0 Å². The van der Waals surface area contributed by atoms with Gasteiger partial charge in [0.2, 0.25) is 0 Å². The van der Waals surface area contributed by atoms with Gasteiger partial charge in [-0.2, -0.15) is 0 Å². The molecule has 2 rings (SSSR count). The fraction of sp³-hybridized carbons (Fsp3) is 0.929. The van der Waals surface area contributed by atoms with Crippen molar-refractivity contribution in [2.75, 3.05) is 19.8 Å². The molecule has 0 unspecified atom stereocenters. The summed E-state index contributed by atoms with van der Waals surface area (Å²) in [4.78, 5) is 12.1. The average Bonchev–Trinajstić information content (AvgIpc) is 2.41. The van der Waals surface area contributed by atoms with E-state index in [0.29, 0.717) is 18.4 Å². The highest BCUT2D eigenvalue weighted by molar-refractivity contribution is 5.80. The van der Waals surface area contributed by atoms with Gasteiger partial charge in [0, 0.05) is 13.2 Å². The molecule has 0 radical (unpaired) electrons. The number of ether oxygens (including phenoxy) is 2. The van der Waals surface area contributed by atoms with Gasteiger partial charge < -0.3 is 15.2 Å². The molecular formula is C14H25NO3. The first-order valence-corrected chi connectivity index (χ1v) is 7.14. The highest BCUT2D eigenvalue weighted by atomic mass is 16.5. The van der Waals surface area contributed by atoms with Crippen molar-refractivity contribution >= 4 is 5.97 Å². The lowest BCUT2D eigenvalue weighted by Crippen LogP contribution is -2.51. The molecule has 1 aliphatic heterocycles. The number of esters is 1. The minimum absolute atomic E-state index is 0.194. The molecule has 18 heavy (non-hydrogen) atoms. The van der Waals surface area contributed by atoms with Crippen molar-refractivity contribution in [3.05, 3.63) is 0 Å². The zero-order valence-corrected chi connectivity index (χ0v) is 11.3. The number of nitrogens with two attached hydrogens (primary N) is 1. The minimum Gasteiger partial charge on any atom is -0.464 e. The monoisotopic (exact) mass is 255 g/mol. The van der Waals surface area contributed by atoms with Crippen LogP contribution in [0.3, 0.4) is 0 Å². The highest BCUT2D eigenvalue weighted by Crippen LogP contribution is 2.31. The van der Waals surface area contributed by atoms with Crippen molar-refractivity contribution in [1.82, 2.24) is 0 Å². The Bertz CT molecular complexity index is 279. The molecule has 1 aliphatic carbocycles. The summed E-state index contributed by atoms with van der Waals surface area (Å²) in [7, 11) is 0. The van der Waals surface area contributed by atoms with Crippen LogP contribution in [0, 0.1) is 11.8 Å². The molecule has 0 bridgehead atoms. The SMILES string of the molecule is CC1CCC(N)(C(=O)OCC2CCOCC2)CC1. The molecule has 0 aromatic rings. The molecule has 0 aromatic carbocycles. The van der Waals surface area contributed by atoms with Gasteiger partial charge in [0.05, 0.1) is 6.61 Å². The molecule has 0 amide bonds. The fourth-order valence-electron chi connectivity index (χ4n) is 2.73. The molecule has 0 atom stereocenters. The van der Waals surface area contributed by atoms with Crippen molar-refractivity contribution in [2.24, 2.45) is 17.6 Å². The first-order chi connectivity index (χ1) is 8.60. The first kappa shape index (κ1) is 13.8. The summed E-state index contributed by atoms with van der Waals surface area (Å²) in [5, 5.41) is 0. The first-order valence-electron chi connectivity index (χ1n) is 7.14. The molecule has 0 aromatic heterocycles. The van der Waals surface area contributed by atoms with E-state index >= 15 is 0 Å². The van der Waals surface area contributed by atoms with Crippen LogP contribution in [0.1, 0.15) is 45.4 Å². The Balaban J connectivity index is 1.76. The Labute approximate surface area is 109 Å². The van der Waals surface area contributed by atoms with Crippen LogP contribution in [-0.4, -0.2) is 31.3 Å². The summed E-state index contributed by atoms with van der Waals surface area (Å²) >= 11 is 0. The third-order valence-corrected chi connectivity index (χ3v) is 4.36. The molecule has 4 nitrogen and oxygen atoms in total. The van der Waals surface area contributed by atoms with Crippen LogP contribution in [0.25, 0.3) is 0 Å². The molecule has 1 heterocycles. The highest BCUT2D eigenvalue weighted by Gasteiger charge is 2.38. The zero-order chi connectivity index (χ0) is 13.0. The van der Waals surface area contributed by atoms with E-state index in [1.807, 2.05) is 0 Å². The van der Waals surface area contributed by atoms with Gasteiger partial charge in [0.25, 0.3) is 0 Å². The fourth-order valence-corrected chi connectivity index (χ4v) is 2.73. The van der Waals surface area contributed by atoms with E-state index in [-0.39, 0.29) is 5.97 Å². The molecule has 0 spiro atoms. The van der Waals surface area contributed by atoms with E-state index in [0.717, 1.165) is 51.7 Å². The second-order valence-electron chi connectivity index (χ2n) is 5.99. The van der Waals surface area contributed by atoms with E-state index in [1.165, 1.54) is 0 Å². The van der Waals surface area contributed by atoms with Gasteiger partial charge in [-0.15, -0.1) is 0 Å². The number of hydrogen-bond acceptors (Lipinski definition) is 4. The Morgan fingerprint density at radius 3 is 2.50 bits per heavy atom. The summed E-state index contributed by atoms with van der Waals surface area (Å²) in [6, 6.07) is 0. The van der Waals surface area contributed by atoms with Crippen molar-refractivity contribution in [2.45, 2.75) is 51.0 Å². The Kier molecular flexibility index (Phi) is 4.62. The lowest BCUT2D eigenvalue weighted by Gasteiger charge is -2.34. The number of carbonyl (C=O) groups excluding carboxylic acids is 1. The van der Waals surface area contributed by atoms with E-state index in [2.05, 4.69) is 6.92 Å². The van der Waals surface area contributed by atoms with Gasteiger partial charge in [-0.05, 0) is 50.4 Å². The van der Waals surface area contributed by atoms with Gasteiger partial charge in [-0.25, -0.2) is 0 Å². The lowest BCUT2D eigenvalue weighted by atomic mass is 9.78. The van der Waals surface area contributed by atoms with E-state index < -0.39 is 5.54 Å². The maximum absolute atomic E-state index is 12.1. The molecule has 1 saturated carbocycles. The molecule has 2 fully saturated rings. The van der Waals surface area contributed by atoms with Crippen LogP contribution in [-0.2, 0) is 14.3 Å².